The van der Waals surface area contributed by atoms with Crippen LogP contribution in [0.3, 0.4) is 0 Å². The van der Waals surface area contributed by atoms with Crippen LogP contribution in [0.5, 0.6) is 5.75 Å². The first kappa shape index (κ1) is 18.9. The number of aliphatic hydroxyl groups excluding tert-OH is 1. The summed E-state index contributed by atoms with van der Waals surface area (Å²) in [7, 11) is 1.65. The SMILES string of the molecule is COc1ccc(C2(C(=O)N3CCCC(c4nc(C)ncc4CO)C3)CC2)cc1. The topological polar surface area (TPSA) is 75.5 Å². The van der Waals surface area contributed by atoms with Crippen molar-refractivity contribution < 1.29 is 14.6 Å². The molecule has 1 atom stereocenters. The maximum Gasteiger partial charge on any atom is 0.233 e. The molecule has 0 spiro atoms. The summed E-state index contributed by atoms with van der Waals surface area (Å²) in [6.45, 7) is 3.22. The normalized spacial score (nSPS) is 20.7. The third kappa shape index (κ3) is 3.37. The van der Waals surface area contributed by atoms with Crippen molar-refractivity contribution in [3.05, 3.63) is 53.1 Å². The summed E-state index contributed by atoms with van der Waals surface area (Å²) in [5, 5.41) is 9.67. The molecule has 1 unspecified atom stereocenters. The minimum Gasteiger partial charge on any atom is -0.497 e. The van der Waals surface area contributed by atoms with Crippen LogP contribution in [0.4, 0.5) is 0 Å². The summed E-state index contributed by atoms with van der Waals surface area (Å²) < 4.78 is 5.25. The number of methoxy groups -OCH3 is 1. The van der Waals surface area contributed by atoms with Crippen LogP contribution in [0, 0.1) is 6.92 Å². The Morgan fingerprint density at radius 3 is 2.71 bits per heavy atom. The van der Waals surface area contributed by atoms with Gasteiger partial charge in [0.05, 0.1) is 24.8 Å². The Kier molecular flexibility index (Phi) is 5.06. The summed E-state index contributed by atoms with van der Waals surface area (Å²) >= 11 is 0. The minimum absolute atomic E-state index is 0.0736. The molecular weight excluding hydrogens is 354 g/mol. The van der Waals surface area contributed by atoms with Crippen molar-refractivity contribution in [1.82, 2.24) is 14.9 Å². The molecule has 2 aliphatic rings. The number of aromatic nitrogens is 2. The van der Waals surface area contributed by atoms with E-state index in [2.05, 4.69) is 9.97 Å². The van der Waals surface area contributed by atoms with E-state index in [0.29, 0.717) is 12.4 Å². The van der Waals surface area contributed by atoms with Crippen molar-refractivity contribution in [3.63, 3.8) is 0 Å². The van der Waals surface area contributed by atoms with Gasteiger partial charge in [0.1, 0.15) is 11.6 Å². The fraction of sp³-hybridized carbons (Fsp3) is 0.500. The van der Waals surface area contributed by atoms with E-state index in [1.54, 1.807) is 13.3 Å². The number of aryl methyl sites for hydroxylation is 1. The fourth-order valence-electron chi connectivity index (χ4n) is 4.34. The quantitative estimate of drug-likeness (QED) is 0.862. The molecule has 1 N–H and O–H groups in total. The minimum atomic E-state index is -0.379. The van der Waals surface area contributed by atoms with Gasteiger partial charge in [0.2, 0.25) is 5.91 Å². The van der Waals surface area contributed by atoms with E-state index < -0.39 is 0 Å². The molecule has 6 nitrogen and oxygen atoms in total. The number of piperidine rings is 1. The van der Waals surface area contributed by atoms with Crippen LogP contribution in [-0.2, 0) is 16.8 Å². The van der Waals surface area contributed by atoms with Crippen LogP contribution >= 0.6 is 0 Å². The van der Waals surface area contributed by atoms with Crippen molar-refractivity contribution in [2.75, 3.05) is 20.2 Å². The van der Waals surface area contributed by atoms with Gasteiger partial charge >= 0.3 is 0 Å². The van der Waals surface area contributed by atoms with Gasteiger partial charge < -0.3 is 14.7 Å². The Morgan fingerprint density at radius 2 is 2.07 bits per heavy atom. The van der Waals surface area contributed by atoms with E-state index in [4.69, 9.17) is 4.74 Å². The van der Waals surface area contributed by atoms with E-state index >= 15 is 0 Å². The summed E-state index contributed by atoms with van der Waals surface area (Å²) in [6, 6.07) is 7.89. The lowest BCUT2D eigenvalue weighted by Crippen LogP contribution is -2.44. The van der Waals surface area contributed by atoms with Crippen LogP contribution in [0.25, 0.3) is 0 Å². The molecule has 148 valence electrons. The third-order valence-corrected chi connectivity index (χ3v) is 6.09. The molecule has 1 aromatic heterocycles. The molecule has 2 heterocycles. The van der Waals surface area contributed by atoms with Crippen molar-refractivity contribution in [1.29, 1.82) is 0 Å². The first-order valence-corrected chi connectivity index (χ1v) is 9.94. The predicted molar refractivity (Wildman–Crippen MR) is 105 cm³/mol. The molecule has 1 saturated heterocycles. The number of hydrogen-bond acceptors (Lipinski definition) is 5. The average molecular weight is 381 g/mol. The molecule has 1 aliphatic carbocycles. The zero-order valence-electron chi connectivity index (χ0n) is 16.5. The van der Waals surface area contributed by atoms with Gasteiger partial charge in [0, 0.05) is 30.8 Å². The first-order chi connectivity index (χ1) is 13.6. The number of benzene rings is 1. The number of amides is 1. The molecule has 2 aromatic rings. The lowest BCUT2D eigenvalue weighted by molar-refractivity contribution is -0.135. The molecule has 6 heteroatoms. The number of carbonyl (C=O) groups is 1. The third-order valence-electron chi connectivity index (χ3n) is 6.09. The van der Waals surface area contributed by atoms with Gasteiger partial charge in [-0.05, 0) is 50.3 Å². The molecule has 28 heavy (non-hydrogen) atoms. The highest BCUT2D eigenvalue weighted by Crippen LogP contribution is 2.50. The maximum absolute atomic E-state index is 13.4. The molecule has 2 fully saturated rings. The van der Waals surface area contributed by atoms with Crippen molar-refractivity contribution >= 4 is 5.91 Å². The van der Waals surface area contributed by atoms with Crippen LogP contribution < -0.4 is 4.74 Å². The average Bonchev–Trinajstić information content (AvgIpc) is 3.55. The smallest absolute Gasteiger partial charge is 0.233 e. The van der Waals surface area contributed by atoms with Crippen molar-refractivity contribution in [2.24, 2.45) is 0 Å². The second-order valence-corrected chi connectivity index (χ2v) is 7.89. The van der Waals surface area contributed by atoms with E-state index in [9.17, 15) is 9.90 Å². The number of rotatable bonds is 5. The summed E-state index contributed by atoms with van der Waals surface area (Å²) in [5.74, 6) is 1.88. The fourth-order valence-corrected chi connectivity index (χ4v) is 4.34. The summed E-state index contributed by atoms with van der Waals surface area (Å²) in [6.07, 6.45) is 5.42. The highest BCUT2D eigenvalue weighted by molar-refractivity contribution is 5.91. The summed E-state index contributed by atoms with van der Waals surface area (Å²) in [5.41, 5.74) is 2.35. The number of aliphatic hydroxyl groups is 1. The monoisotopic (exact) mass is 381 g/mol. The van der Waals surface area contributed by atoms with Gasteiger partial charge in [-0.15, -0.1) is 0 Å². The molecule has 1 aromatic carbocycles. The Labute approximate surface area is 165 Å². The number of nitrogens with zero attached hydrogens (tertiary/aromatic N) is 3. The molecule has 4 rings (SSSR count). The Bertz CT molecular complexity index is 862. The van der Waals surface area contributed by atoms with Gasteiger partial charge in [-0.1, -0.05) is 12.1 Å². The summed E-state index contributed by atoms with van der Waals surface area (Å²) in [4.78, 5) is 24.2. The van der Waals surface area contributed by atoms with Gasteiger partial charge in [0.25, 0.3) is 0 Å². The van der Waals surface area contributed by atoms with Gasteiger partial charge in [-0.2, -0.15) is 0 Å². The molecule has 0 radical (unpaired) electrons. The largest absolute Gasteiger partial charge is 0.497 e. The van der Waals surface area contributed by atoms with Crippen molar-refractivity contribution in [2.45, 2.75) is 50.5 Å². The van der Waals surface area contributed by atoms with Gasteiger partial charge in [0.15, 0.2) is 0 Å². The number of ether oxygens (including phenoxy) is 1. The maximum atomic E-state index is 13.4. The molecule has 1 saturated carbocycles. The van der Waals surface area contributed by atoms with E-state index in [1.807, 2.05) is 36.1 Å². The van der Waals surface area contributed by atoms with Crippen LogP contribution in [0.2, 0.25) is 0 Å². The van der Waals surface area contributed by atoms with E-state index in [-0.39, 0.29) is 23.8 Å². The first-order valence-electron chi connectivity index (χ1n) is 9.94. The van der Waals surface area contributed by atoms with E-state index in [1.165, 1.54) is 0 Å². The highest BCUT2D eigenvalue weighted by Gasteiger charge is 2.53. The van der Waals surface area contributed by atoms with Crippen LogP contribution in [0.15, 0.2) is 30.5 Å². The Hall–Kier alpha value is -2.47. The van der Waals surface area contributed by atoms with Crippen LogP contribution in [-0.4, -0.2) is 46.1 Å². The zero-order valence-corrected chi connectivity index (χ0v) is 16.5. The molecular formula is C22H27N3O3. The second-order valence-electron chi connectivity index (χ2n) is 7.89. The van der Waals surface area contributed by atoms with Crippen molar-refractivity contribution in [3.8, 4) is 5.75 Å². The standard InChI is InChI=1S/C22H27N3O3/c1-15-23-12-17(14-26)20(24-15)16-4-3-11-25(13-16)21(27)22(9-10-22)18-5-7-19(28-2)8-6-18/h5-8,12,16,26H,3-4,9-11,13-14H2,1-2H3. The van der Waals surface area contributed by atoms with Gasteiger partial charge in [-0.3, -0.25) is 4.79 Å². The predicted octanol–water partition coefficient (Wildman–Crippen LogP) is 2.72. The Balaban J connectivity index is 1.54. The van der Waals surface area contributed by atoms with E-state index in [0.717, 1.165) is 54.8 Å². The Morgan fingerprint density at radius 1 is 1.32 bits per heavy atom. The van der Waals surface area contributed by atoms with Crippen LogP contribution in [0.1, 0.15) is 54.2 Å². The van der Waals surface area contributed by atoms with Gasteiger partial charge in [-0.25, -0.2) is 9.97 Å². The highest BCUT2D eigenvalue weighted by atomic mass is 16.5. The lowest BCUT2D eigenvalue weighted by Gasteiger charge is -2.35. The molecule has 1 aliphatic heterocycles. The lowest BCUT2D eigenvalue weighted by atomic mass is 9.89. The molecule has 0 bridgehead atoms. The zero-order chi connectivity index (χ0) is 19.7. The number of carbonyl (C=O) groups excluding carboxylic acids is 1. The number of hydrogen-bond donors (Lipinski definition) is 1. The molecule has 1 amide bonds. The second kappa shape index (κ2) is 7.51. The number of likely N-dealkylation sites (tertiary alicyclic amines) is 1.